The van der Waals surface area contributed by atoms with Crippen LogP contribution in [0.2, 0.25) is 0 Å². The molecule has 0 aliphatic rings. The highest BCUT2D eigenvalue weighted by Crippen LogP contribution is 2.12. The van der Waals surface area contributed by atoms with Gasteiger partial charge in [0.25, 0.3) is 0 Å². The number of hydrogen-bond acceptors (Lipinski definition) is 4. The molecule has 94 valence electrons. The minimum atomic E-state index is -0.0623. The van der Waals surface area contributed by atoms with Crippen LogP contribution < -0.4 is 11.1 Å². The molecule has 0 fully saturated rings. The van der Waals surface area contributed by atoms with Crippen molar-refractivity contribution in [3.8, 4) is 0 Å². The minimum absolute atomic E-state index is 0.0623. The molecule has 3 N–H and O–H groups in total. The van der Waals surface area contributed by atoms with Gasteiger partial charge in [0, 0.05) is 17.6 Å². The lowest BCUT2D eigenvalue weighted by molar-refractivity contribution is -0.115. The Morgan fingerprint density at radius 1 is 1.39 bits per heavy atom. The summed E-state index contributed by atoms with van der Waals surface area (Å²) in [6, 6.07) is 7.70. The van der Waals surface area contributed by atoms with Gasteiger partial charge in [0.15, 0.2) is 0 Å². The minimum Gasteiger partial charge on any atom is -0.326 e. The van der Waals surface area contributed by atoms with Gasteiger partial charge in [-0.15, -0.1) is 11.3 Å². The highest BCUT2D eigenvalue weighted by Gasteiger charge is 2.07. The first kappa shape index (κ1) is 12.7. The molecule has 0 unspecified atom stereocenters. The summed E-state index contributed by atoms with van der Waals surface area (Å²) >= 11 is 1.48. The Hall–Kier alpha value is -1.72. The third-order valence-corrected chi connectivity index (χ3v) is 3.37. The van der Waals surface area contributed by atoms with Crippen LogP contribution in [0.5, 0.6) is 0 Å². The van der Waals surface area contributed by atoms with E-state index in [1.165, 1.54) is 16.9 Å². The SMILES string of the molecule is Cc1ccc(NC(=O)Cc2csc(CN)n2)cc1. The molecular formula is C13H15N3OS. The Kier molecular flexibility index (Phi) is 4.07. The van der Waals surface area contributed by atoms with Crippen LogP contribution in [0.3, 0.4) is 0 Å². The van der Waals surface area contributed by atoms with Gasteiger partial charge < -0.3 is 11.1 Å². The lowest BCUT2D eigenvalue weighted by atomic mass is 10.2. The molecule has 0 aliphatic carbocycles. The van der Waals surface area contributed by atoms with Crippen molar-refractivity contribution < 1.29 is 4.79 Å². The number of nitrogens with two attached hydrogens (primary N) is 1. The summed E-state index contributed by atoms with van der Waals surface area (Å²) in [5.74, 6) is -0.0623. The number of benzene rings is 1. The van der Waals surface area contributed by atoms with Crippen LogP contribution in [0, 0.1) is 6.92 Å². The fourth-order valence-corrected chi connectivity index (χ4v) is 2.20. The molecule has 0 atom stereocenters. The van der Waals surface area contributed by atoms with Gasteiger partial charge in [-0.1, -0.05) is 17.7 Å². The van der Waals surface area contributed by atoms with Crippen molar-refractivity contribution in [3.63, 3.8) is 0 Å². The van der Waals surface area contributed by atoms with Crippen LogP contribution in [0.15, 0.2) is 29.6 Å². The smallest absolute Gasteiger partial charge is 0.230 e. The van der Waals surface area contributed by atoms with Crippen LogP contribution in [0.4, 0.5) is 5.69 Å². The molecule has 4 nitrogen and oxygen atoms in total. The topological polar surface area (TPSA) is 68.0 Å². The zero-order valence-electron chi connectivity index (χ0n) is 10.1. The second-order valence-corrected chi connectivity index (χ2v) is 4.97. The summed E-state index contributed by atoms with van der Waals surface area (Å²) in [6.45, 7) is 2.43. The first-order valence-electron chi connectivity index (χ1n) is 5.67. The van der Waals surface area contributed by atoms with Crippen molar-refractivity contribution >= 4 is 22.9 Å². The molecule has 0 spiro atoms. The van der Waals surface area contributed by atoms with E-state index in [4.69, 9.17) is 5.73 Å². The number of hydrogen-bond donors (Lipinski definition) is 2. The first-order chi connectivity index (χ1) is 8.67. The van der Waals surface area contributed by atoms with Gasteiger partial charge in [-0.2, -0.15) is 0 Å². The molecule has 2 aromatic rings. The van der Waals surface area contributed by atoms with Gasteiger partial charge >= 0.3 is 0 Å². The summed E-state index contributed by atoms with van der Waals surface area (Å²) in [7, 11) is 0. The summed E-state index contributed by atoms with van der Waals surface area (Å²) in [6.07, 6.45) is 0.282. The molecule has 1 amide bonds. The lowest BCUT2D eigenvalue weighted by Gasteiger charge is -2.04. The third kappa shape index (κ3) is 3.38. The normalized spacial score (nSPS) is 10.3. The lowest BCUT2D eigenvalue weighted by Crippen LogP contribution is -2.14. The monoisotopic (exact) mass is 261 g/mol. The van der Waals surface area contributed by atoms with Crippen LogP contribution in [0.25, 0.3) is 0 Å². The van der Waals surface area contributed by atoms with Crippen LogP contribution in [0.1, 0.15) is 16.3 Å². The van der Waals surface area contributed by atoms with Crippen molar-refractivity contribution in [1.29, 1.82) is 0 Å². The van der Waals surface area contributed by atoms with Crippen LogP contribution in [-0.2, 0) is 17.8 Å². The van der Waals surface area contributed by atoms with E-state index in [1.807, 2.05) is 36.6 Å². The van der Waals surface area contributed by atoms with E-state index in [9.17, 15) is 4.79 Å². The van der Waals surface area contributed by atoms with E-state index in [-0.39, 0.29) is 12.3 Å². The summed E-state index contributed by atoms with van der Waals surface area (Å²) < 4.78 is 0. The number of carbonyl (C=O) groups is 1. The molecule has 18 heavy (non-hydrogen) atoms. The largest absolute Gasteiger partial charge is 0.326 e. The molecule has 0 saturated carbocycles. The molecule has 0 aliphatic heterocycles. The zero-order valence-corrected chi connectivity index (χ0v) is 11.0. The van der Waals surface area contributed by atoms with Crippen molar-refractivity contribution in [1.82, 2.24) is 4.98 Å². The Bertz CT molecular complexity index is 533. The second-order valence-electron chi connectivity index (χ2n) is 4.03. The number of thiazole rings is 1. The quantitative estimate of drug-likeness (QED) is 0.885. The Balaban J connectivity index is 1.94. The maximum atomic E-state index is 11.8. The fraction of sp³-hybridized carbons (Fsp3) is 0.231. The molecule has 0 radical (unpaired) electrons. The maximum Gasteiger partial charge on any atom is 0.230 e. The van der Waals surface area contributed by atoms with Gasteiger partial charge in [-0.3, -0.25) is 4.79 Å². The number of aryl methyl sites for hydroxylation is 1. The number of rotatable bonds is 4. The summed E-state index contributed by atoms with van der Waals surface area (Å²) in [5, 5.41) is 5.57. The van der Waals surface area contributed by atoms with Gasteiger partial charge in [0.1, 0.15) is 5.01 Å². The average Bonchev–Trinajstić information content (AvgIpc) is 2.79. The van der Waals surface area contributed by atoms with E-state index < -0.39 is 0 Å². The standard InChI is InChI=1S/C13H15N3OS/c1-9-2-4-10(5-3-9)15-12(17)6-11-8-18-13(7-14)16-11/h2-5,8H,6-7,14H2,1H3,(H,15,17). The zero-order chi connectivity index (χ0) is 13.0. The van der Waals surface area contributed by atoms with Gasteiger partial charge in [-0.05, 0) is 19.1 Å². The van der Waals surface area contributed by atoms with Gasteiger partial charge in [0.2, 0.25) is 5.91 Å². The molecule has 1 heterocycles. The molecule has 1 aromatic carbocycles. The highest BCUT2D eigenvalue weighted by molar-refractivity contribution is 7.09. The molecule has 2 rings (SSSR count). The number of anilines is 1. The summed E-state index contributed by atoms with van der Waals surface area (Å²) in [4.78, 5) is 16.0. The number of nitrogens with zero attached hydrogens (tertiary/aromatic N) is 1. The van der Waals surface area contributed by atoms with Crippen molar-refractivity contribution in [2.45, 2.75) is 19.9 Å². The fourth-order valence-electron chi connectivity index (χ4n) is 1.53. The van der Waals surface area contributed by atoms with Gasteiger partial charge in [-0.25, -0.2) is 4.98 Å². The number of carbonyl (C=O) groups excluding carboxylic acids is 1. The van der Waals surface area contributed by atoms with E-state index in [0.29, 0.717) is 6.54 Å². The van der Waals surface area contributed by atoms with Crippen molar-refractivity contribution in [2.24, 2.45) is 5.73 Å². The van der Waals surface area contributed by atoms with E-state index in [1.54, 1.807) is 0 Å². The highest BCUT2D eigenvalue weighted by atomic mass is 32.1. The van der Waals surface area contributed by atoms with Gasteiger partial charge in [0.05, 0.1) is 12.1 Å². The van der Waals surface area contributed by atoms with E-state index in [0.717, 1.165) is 16.4 Å². The predicted molar refractivity (Wildman–Crippen MR) is 73.5 cm³/mol. The van der Waals surface area contributed by atoms with E-state index in [2.05, 4.69) is 10.3 Å². The molecule has 1 aromatic heterocycles. The molecular weight excluding hydrogens is 246 g/mol. The van der Waals surface area contributed by atoms with Crippen LogP contribution in [-0.4, -0.2) is 10.9 Å². The summed E-state index contributed by atoms with van der Waals surface area (Å²) in [5.41, 5.74) is 8.22. The van der Waals surface area contributed by atoms with Crippen LogP contribution >= 0.6 is 11.3 Å². The molecule has 0 saturated heterocycles. The number of amides is 1. The second kappa shape index (κ2) is 5.75. The molecule has 0 bridgehead atoms. The Labute approximate surface area is 110 Å². The Morgan fingerprint density at radius 2 is 2.11 bits per heavy atom. The van der Waals surface area contributed by atoms with E-state index >= 15 is 0 Å². The predicted octanol–water partition coefficient (Wildman–Crippen LogP) is 2.09. The van der Waals surface area contributed by atoms with Crippen molar-refractivity contribution in [2.75, 3.05) is 5.32 Å². The first-order valence-corrected chi connectivity index (χ1v) is 6.55. The molecule has 5 heteroatoms. The Morgan fingerprint density at radius 3 is 2.72 bits per heavy atom. The number of aromatic nitrogens is 1. The van der Waals surface area contributed by atoms with Crippen molar-refractivity contribution in [3.05, 3.63) is 45.9 Å². The number of nitrogens with one attached hydrogen (secondary N) is 1. The maximum absolute atomic E-state index is 11.8. The third-order valence-electron chi connectivity index (χ3n) is 2.45. The average molecular weight is 261 g/mol.